The van der Waals surface area contributed by atoms with Gasteiger partial charge in [0, 0.05) is 12.3 Å². The Morgan fingerprint density at radius 2 is 1.67 bits per heavy atom. The first-order valence-corrected chi connectivity index (χ1v) is 12.4. The maximum atomic E-state index is 12.8. The number of thioether (sulfide) groups is 1. The Balaban J connectivity index is 1.56. The fourth-order valence-electron chi connectivity index (χ4n) is 3.41. The normalized spacial score (nSPS) is 11.8. The zero-order valence-electron chi connectivity index (χ0n) is 16.9. The summed E-state index contributed by atoms with van der Waals surface area (Å²) >= 11 is 1.58. The van der Waals surface area contributed by atoms with Crippen molar-refractivity contribution in [1.82, 2.24) is 14.8 Å². The van der Waals surface area contributed by atoms with Gasteiger partial charge in [0.05, 0.1) is 4.90 Å². The van der Waals surface area contributed by atoms with Crippen LogP contribution < -0.4 is 0 Å². The van der Waals surface area contributed by atoms with E-state index in [0.717, 1.165) is 16.5 Å². The Morgan fingerprint density at radius 3 is 2.43 bits per heavy atom. The Kier molecular flexibility index (Phi) is 5.92. The lowest BCUT2D eigenvalue weighted by Crippen LogP contribution is -2.11. The van der Waals surface area contributed by atoms with E-state index in [0.29, 0.717) is 17.3 Å². The van der Waals surface area contributed by atoms with Crippen LogP contribution >= 0.6 is 11.8 Å². The summed E-state index contributed by atoms with van der Waals surface area (Å²) in [7, 11) is -3.48. The second-order valence-electron chi connectivity index (χ2n) is 7.14. The van der Waals surface area contributed by atoms with E-state index in [4.69, 9.17) is 0 Å². The molecule has 0 fully saturated rings. The molecule has 0 aliphatic heterocycles. The second kappa shape index (κ2) is 8.62. The number of rotatable bonds is 7. The summed E-state index contributed by atoms with van der Waals surface area (Å²) in [6, 6.07) is 21.5. The number of benzene rings is 3. The molecule has 5 nitrogen and oxygen atoms in total. The van der Waals surface area contributed by atoms with Gasteiger partial charge in [-0.1, -0.05) is 71.9 Å². The van der Waals surface area contributed by atoms with E-state index >= 15 is 0 Å². The molecule has 3 aromatic carbocycles. The molecule has 154 valence electrons. The summed E-state index contributed by atoms with van der Waals surface area (Å²) in [6.45, 7) is 4.53. The highest BCUT2D eigenvalue weighted by atomic mass is 32.2. The van der Waals surface area contributed by atoms with E-state index in [1.165, 1.54) is 16.3 Å². The van der Waals surface area contributed by atoms with E-state index in [9.17, 15) is 8.42 Å². The first kappa shape index (κ1) is 20.6. The second-order valence-corrected chi connectivity index (χ2v) is 10.1. The van der Waals surface area contributed by atoms with Crippen LogP contribution in [-0.4, -0.2) is 23.2 Å². The minimum Gasteiger partial charge on any atom is -0.305 e. The van der Waals surface area contributed by atoms with Crippen molar-refractivity contribution in [3.05, 3.63) is 83.7 Å². The lowest BCUT2D eigenvalue weighted by atomic mass is 10.1. The highest BCUT2D eigenvalue weighted by Crippen LogP contribution is 2.27. The smallest absolute Gasteiger partial charge is 0.191 e. The third kappa shape index (κ3) is 4.27. The molecule has 0 atom stereocenters. The third-order valence-electron chi connectivity index (χ3n) is 5.05. The SMILES string of the molecule is CCn1c(CS(=O)(=O)c2ccc(C)cc2)nnc1SCc1cccc2ccccc12. The average molecular weight is 438 g/mol. The minimum absolute atomic E-state index is 0.161. The van der Waals surface area contributed by atoms with Gasteiger partial charge in [0.15, 0.2) is 15.0 Å². The van der Waals surface area contributed by atoms with Gasteiger partial charge >= 0.3 is 0 Å². The number of aromatic nitrogens is 3. The molecule has 1 heterocycles. The molecule has 0 spiro atoms. The zero-order chi connectivity index (χ0) is 21.1. The summed E-state index contributed by atoms with van der Waals surface area (Å²) < 4.78 is 27.5. The van der Waals surface area contributed by atoms with Gasteiger partial charge in [-0.25, -0.2) is 8.42 Å². The van der Waals surface area contributed by atoms with Crippen molar-refractivity contribution in [2.24, 2.45) is 0 Å². The van der Waals surface area contributed by atoms with Crippen LogP contribution in [-0.2, 0) is 27.9 Å². The van der Waals surface area contributed by atoms with Crippen LogP contribution in [0, 0.1) is 6.92 Å². The summed E-state index contributed by atoms with van der Waals surface area (Å²) in [5.74, 6) is 1.05. The van der Waals surface area contributed by atoms with Gasteiger partial charge in [-0.2, -0.15) is 0 Å². The monoisotopic (exact) mass is 437 g/mol. The molecule has 0 bridgehead atoms. The van der Waals surface area contributed by atoms with Gasteiger partial charge in [0.1, 0.15) is 11.6 Å². The van der Waals surface area contributed by atoms with Crippen LogP contribution in [0.1, 0.15) is 23.9 Å². The highest BCUT2D eigenvalue weighted by Gasteiger charge is 2.21. The van der Waals surface area contributed by atoms with Crippen molar-refractivity contribution in [1.29, 1.82) is 0 Å². The maximum Gasteiger partial charge on any atom is 0.191 e. The predicted molar refractivity (Wildman–Crippen MR) is 121 cm³/mol. The molecule has 0 saturated carbocycles. The third-order valence-corrected chi connectivity index (χ3v) is 7.69. The summed E-state index contributed by atoms with van der Waals surface area (Å²) in [6.07, 6.45) is 0. The Bertz CT molecular complexity index is 1270. The quantitative estimate of drug-likeness (QED) is 0.380. The Labute approximate surface area is 181 Å². The topological polar surface area (TPSA) is 64.8 Å². The molecular weight excluding hydrogens is 414 g/mol. The number of sulfone groups is 1. The molecule has 0 unspecified atom stereocenters. The van der Waals surface area contributed by atoms with Crippen LogP contribution in [0.5, 0.6) is 0 Å². The molecule has 30 heavy (non-hydrogen) atoms. The van der Waals surface area contributed by atoms with Gasteiger partial charge < -0.3 is 4.57 Å². The number of aryl methyl sites for hydroxylation is 1. The van der Waals surface area contributed by atoms with Crippen LogP contribution in [0.4, 0.5) is 0 Å². The number of hydrogen-bond donors (Lipinski definition) is 0. The summed E-state index contributed by atoms with van der Waals surface area (Å²) in [5, 5.41) is 11.6. The van der Waals surface area contributed by atoms with Gasteiger partial charge in [-0.05, 0) is 42.3 Å². The van der Waals surface area contributed by atoms with Gasteiger partial charge in [0.25, 0.3) is 0 Å². The van der Waals surface area contributed by atoms with Gasteiger partial charge in [-0.3, -0.25) is 0 Å². The molecule has 0 N–H and O–H groups in total. The van der Waals surface area contributed by atoms with E-state index in [2.05, 4.69) is 40.5 Å². The Hall–Kier alpha value is -2.64. The van der Waals surface area contributed by atoms with E-state index in [1.54, 1.807) is 23.9 Å². The molecule has 4 rings (SSSR count). The molecule has 0 aliphatic carbocycles. The van der Waals surface area contributed by atoms with Crippen molar-refractivity contribution in [3.63, 3.8) is 0 Å². The molecule has 0 radical (unpaired) electrons. The standard InChI is InChI=1S/C23H23N3O2S2/c1-3-26-22(16-30(27,28)20-13-11-17(2)12-14-20)24-25-23(26)29-15-19-9-6-8-18-7-4-5-10-21(18)19/h4-14H,3,15-16H2,1-2H3. The lowest BCUT2D eigenvalue weighted by Gasteiger charge is -2.09. The first-order valence-electron chi connectivity index (χ1n) is 9.79. The van der Waals surface area contributed by atoms with E-state index in [-0.39, 0.29) is 5.75 Å². The molecule has 0 amide bonds. The summed E-state index contributed by atoms with van der Waals surface area (Å²) in [5.41, 5.74) is 2.25. The highest BCUT2D eigenvalue weighted by molar-refractivity contribution is 7.98. The van der Waals surface area contributed by atoms with Crippen LogP contribution in [0.2, 0.25) is 0 Å². The molecule has 7 heteroatoms. The molecule has 1 aromatic heterocycles. The fourth-order valence-corrected chi connectivity index (χ4v) is 5.71. The van der Waals surface area contributed by atoms with Crippen molar-refractivity contribution in [2.45, 2.75) is 41.9 Å². The maximum absolute atomic E-state index is 12.8. The fraction of sp³-hybridized carbons (Fsp3) is 0.217. The predicted octanol–water partition coefficient (Wildman–Crippen LogP) is 5.03. The first-order chi connectivity index (χ1) is 14.5. The van der Waals surface area contributed by atoms with Gasteiger partial charge in [0.2, 0.25) is 0 Å². The zero-order valence-corrected chi connectivity index (χ0v) is 18.6. The number of fused-ring (bicyclic) bond motifs is 1. The minimum atomic E-state index is -3.48. The molecule has 0 aliphatic rings. The molecular formula is C23H23N3O2S2. The lowest BCUT2D eigenvalue weighted by molar-refractivity contribution is 0.588. The van der Waals surface area contributed by atoms with E-state index < -0.39 is 9.84 Å². The van der Waals surface area contributed by atoms with Crippen molar-refractivity contribution < 1.29 is 8.42 Å². The Morgan fingerprint density at radius 1 is 0.933 bits per heavy atom. The number of nitrogens with zero attached hydrogens (tertiary/aromatic N) is 3. The molecule has 4 aromatic rings. The largest absolute Gasteiger partial charge is 0.305 e. The van der Waals surface area contributed by atoms with Crippen LogP contribution in [0.25, 0.3) is 10.8 Å². The average Bonchev–Trinajstić information content (AvgIpc) is 3.13. The number of hydrogen-bond acceptors (Lipinski definition) is 5. The van der Waals surface area contributed by atoms with Crippen molar-refractivity contribution in [2.75, 3.05) is 0 Å². The van der Waals surface area contributed by atoms with Crippen LogP contribution in [0.15, 0.2) is 76.8 Å². The van der Waals surface area contributed by atoms with Crippen LogP contribution in [0.3, 0.4) is 0 Å². The van der Waals surface area contributed by atoms with Crippen molar-refractivity contribution in [3.8, 4) is 0 Å². The van der Waals surface area contributed by atoms with Gasteiger partial charge in [-0.15, -0.1) is 10.2 Å². The summed E-state index contributed by atoms with van der Waals surface area (Å²) in [4.78, 5) is 0.309. The molecule has 0 saturated heterocycles. The van der Waals surface area contributed by atoms with E-state index in [1.807, 2.05) is 42.7 Å². The van der Waals surface area contributed by atoms with Crippen molar-refractivity contribution >= 4 is 32.4 Å².